The van der Waals surface area contributed by atoms with Crippen molar-refractivity contribution in [3.05, 3.63) is 39.7 Å². The van der Waals surface area contributed by atoms with Gasteiger partial charge in [0.15, 0.2) is 11.5 Å². The average Bonchev–Trinajstić information content (AvgIpc) is 2.89. The van der Waals surface area contributed by atoms with Gasteiger partial charge in [0.1, 0.15) is 5.82 Å². The van der Waals surface area contributed by atoms with Gasteiger partial charge in [-0.15, -0.1) is 0 Å². The third-order valence-corrected chi connectivity index (χ3v) is 3.83. The van der Waals surface area contributed by atoms with Crippen LogP contribution in [0.25, 0.3) is 5.69 Å². The van der Waals surface area contributed by atoms with Gasteiger partial charge in [-0.2, -0.15) is 5.10 Å². The van der Waals surface area contributed by atoms with Crippen LogP contribution in [0.5, 0.6) is 0 Å². The lowest BCUT2D eigenvalue weighted by Crippen LogP contribution is -2.06. The number of aromatic nitrogens is 2. The van der Waals surface area contributed by atoms with Gasteiger partial charge in [0.05, 0.1) is 17.3 Å². The normalized spacial score (nSPS) is 13.1. The minimum absolute atomic E-state index is 0.254. The molecule has 0 spiro atoms. The summed E-state index contributed by atoms with van der Waals surface area (Å²) in [7, 11) is 1.31. The minimum Gasteiger partial charge on any atom is -0.464 e. The molecule has 0 radical (unpaired) electrons. The number of carbonyl (C=O) groups is 1. The Balaban J connectivity index is 2.19. The number of ether oxygens (including phenoxy) is 1. The number of benzene rings is 1. The van der Waals surface area contributed by atoms with E-state index in [1.807, 2.05) is 0 Å². The van der Waals surface area contributed by atoms with Crippen molar-refractivity contribution in [3.8, 4) is 5.69 Å². The third kappa shape index (κ3) is 2.37. The van der Waals surface area contributed by atoms with E-state index in [9.17, 15) is 9.18 Å². The van der Waals surface area contributed by atoms with Crippen molar-refractivity contribution >= 4 is 33.9 Å². The van der Waals surface area contributed by atoms with Crippen molar-refractivity contribution in [2.24, 2.45) is 4.99 Å². The highest BCUT2D eigenvalue weighted by atomic mass is 79.9. The average molecular weight is 352 g/mol. The lowest BCUT2D eigenvalue weighted by Gasteiger charge is -2.08. The summed E-state index contributed by atoms with van der Waals surface area (Å²) in [6, 6.07) is 4.50. The second kappa shape index (κ2) is 5.40. The Bertz CT molecular complexity index is 755. The SMILES string of the molecule is COC(=O)c1nn(-c2ccc(F)c(Br)c2)c2c1CCC=N2. The Morgan fingerprint density at radius 3 is 3.00 bits per heavy atom. The third-order valence-electron chi connectivity index (χ3n) is 3.22. The van der Waals surface area contributed by atoms with Crippen LogP contribution in [0.3, 0.4) is 0 Å². The summed E-state index contributed by atoms with van der Waals surface area (Å²) in [5.41, 5.74) is 1.63. The van der Waals surface area contributed by atoms with Crippen LogP contribution in [0.4, 0.5) is 10.2 Å². The van der Waals surface area contributed by atoms with E-state index in [0.29, 0.717) is 22.4 Å². The van der Waals surface area contributed by atoms with E-state index in [4.69, 9.17) is 4.74 Å². The summed E-state index contributed by atoms with van der Waals surface area (Å²) >= 11 is 3.14. The molecule has 0 N–H and O–H groups in total. The van der Waals surface area contributed by atoms with Crippen LogP contribution in [0.2, 0.25) is 0 Å². The lowest BCUT2D eigenvalue weighted by molar-refractivity contribution is 0.0592. The number of hydrogen-bond donors (Lipinski definition) is 0. The molecule has 1 aliphatic rings. The number of fused-ring (bicyclic) bond motifs is 1. The zero-order valence-electron chi connectivity index (χ0n) is 11.1. The second-order valence-electron chi connectivity index (χ2n) is 4.50. The Morgan fingerprint density at radius 1 is 1.48 bits per heavy atom. The zero-order chi connectivity index (χ0) is 15.0. The summed E-state index contributed by atoms with van der Waals surface area (Å²) in [6.07, 6.45) is 3.20. The molecule has 1 aromatic heterocycles. The van der Waals surface area contributed by atoms with Crippen LogP contribution in [0.15, 0.2) is 27.7 Å². The molecule has 7 heteroatoms. The van der Waals surface area contributed by atoms with Crippen LogP contribution in [0, 0.1) is 5.82 Å². The smallest absolute Gasteiger partial charge is 0.358 e. The highest BCUT2D eigenvalue weighted by Crippen LogP contribution is 2.31. The molecule has 1 aliphatic heterocycles. The molecule has 0 unspecified atom stereocenters. The number of hydrogen-bond acceptors (Lipinski definition) is 4. The van der Waals surface area contributed by atoms with Crippen molar-refractivity contribution in [1.29, 1.82) is 0 Å². The molecule has 108 valence electrons. The Morgan fingerprint density at radius 2 is 2.29 bits per heavy atom. The molecule has 21 heavy (non-hydrogen) atoms. The Kier molecular flexibility index (Phi) is 3.59. The predicted octanol–water partition coefficient (Wildman–Crippen LogP) is 3.21. The van der Waals surface area contributed by atoms with E-state index in [1.165, 1.54) is 17.9 Å². The monoisotopic (exact) mass is 351 g/mol. The number of nitrogens with zero attached hydrogens (tertiary/aromatic N) is 3. The van der Waals surface area contributed by atoms with Crippen LogP contribution < -0.4 is 0 Å². The maximum absolute atomic E-state index is 13.4. The standard InChI is InChI=1S/C14H11BrFN3O2/c1-21-14(20)12-9-3-2-6-17-13(9)19(18-12)8-4-5-11(16)10(15)7-8/h4-7H,2-3H2,1H3. The number of aliphatic imine (C=N–C) groups is 1. The zero-order valence-corrected chi connectivity index (χ0v) is 12.7. The van der Waals surface area contributed by atoms with Crippen molar-refractivity contribution in [2.75, 3.05) is 7.11 Å². The van der Waals surface area contributed by atoms with E-state index in [2.05, 4.69) is 26.0 Å². The number of methoxy groups -OCH3 is 1. The van der Waals surface area contributed by atoms with Gasteiger partial charge in [0, 0.05) is 11.8 Å². The molecule has 2 aromatic rings. The van der Waals surface area contributed by atoms with Crippen LogP contribution in [0.1, 0.15) is 22.5 Å². The number of rotatable bonds is 2. The molecule has 0 bridgehead atoms. The summed E-state index contributed by atoms with van der Waals surface area (Å²) in [5, 5.41) is 4.29. The number of carbonyl (C=O) groups excluding carboxylic acids is 1. The van der Waals surface area contributed by atoms with Gasteiger partial charge in [0.25, 0.3) is 0 Å². The van der Waals surface area contributed by atoms with Gasteiger partial charge >= 0.3 is 5.97 Å². The Hall–Kier alpha value is -2.02. The molecule has 0 atom stereocenters. The van der Waals surface area contributed by atoms with Gasteiger partial charge < -0.3 is 4.74 Å². The van der Waals surface area contributed by atoms with E-state index >= 15 is 0 Å². The number of halogens is 2. The maximum Gasteiger partial charge on any atom is 0.358 e. The predicted molar refractivity (Wildman–Crippen MR) is 79.0 cm³/mol. The van der Waals surface area contributed by atoms with Crippen molar-refractivity contribution < 1.29 is 13.9 Å². The molecule has 0 amide bonds. The molecule has 2 heterocycles. The Labute approximate surface area is 128 Å². The summed E-state index contributed by atoms with van der Waals surface area (Å²) in [5.74, 6) is -0.278. The van der Waals surface area contributed by atoms with Crippen LogP contribution in [-0.4, -0.2) is 29.1 Å². The van der Waals surface area contributed by atoms with Crippen LogP contribution in [-0.2, 0) is 11.2 Å². The second-order valence-corrected chi connectivity index (χ2v) is 5.36. The molecule has 0 aliphatic carbocycles. The summed E-state index contributed by atoms with van der Waals surface area (Å²) in [4.78, 5) is 16.1. The molecule has 0 saturated carbocycles. The quantitative estimate of drug-likeness (QED) is 0.780. The van der Waals surface area contributed by atoms with Gasteiger partial charge in [-0.25, -0.2) is 18.9 Å². The largest absolute Gasteiger partial charge is 0.464 e. The van der Waals surface area contributed by atoms with E-state index < -0.39 is 5.97 Å². The van der Waals surface area contributed by atoms with Gasteiger partial charge in [-0.05, 0) is 47.0 Å². The first-order valence-corrected chi connectivity index (χ1v) is 7.09. The van der Waals surface area contributed by atoms with E-state index in [1.54, 1.807) is 18.3 Å². The molecule has 3 rings (SSSR count). The molecule has 1 aromatic carbocycles. The fraction of sp³-hybridized carbons (Fsp3) is 0.214. The fourth-order valence-corrected chi connectivity index (χ4v) is 2.59. The first-order valence-electron chi connectivity index (χ1n) is 6.30. The minimum atomic E-state index is -0.497. The van der Waals surface area contributed by atoms with Gasteiger partial charge in [-0.3, -0.25) is 0 Å². The number of esters is 1. The molecule has 0 fully saturated rings. The fourth-order valence-electron chi connectivity index (χ4n) is 2.22. The van der Waals surface area contributed by atoms with E-state index in [-0.39, 0.29) is 11.5 Å². The van der Waals surface area contributed by atoms with Crippen molar-refractivity contribution in [1.82, 2.24) is 9.78 Å². The molecule has 0 saturated heterocycles. The summed E-state index contributed by atoms with van der Waals surface area (Å²) in [6.45, 7) is 0. The summed E-state index contributed by atoms with van der Waals surface area (Å²) < 4.78 is 20.0. The molecule has 5 nitrogen and oxygen atoms in total. The molecular formula is C14H11BrFN3O2. The van der Waals surface area contributed by atoms with Gasteiger partial charge in [0.2, 0.25) is 0 Å². The highest BCUT2D eigenvalue weighted by molar-refractivity contribution is 9.10. The van der Waals surface area contributed by atoms with Crippen LogP contribution >= 0.6 is 15.9 Å². The first-order chi connectivity index (χ1) is 10.1. The first kappa shape index (κ1) is 13.9. The van der Waals surface area contributed by atoms with E-state index in [0.717, 1.165) is 12.0 Å². The van der Waals surface area contributed by atoms with Crippen molar-refractivity contribution in [3.63, 3.8) is 0 Å². The highest BCUT2D eigenvalue weighted by Gasteiger charge is 2.25. The van der Waals surface area contributed by atoms with Gasteiger partial charge in [-0.1, -0.05) is 0 Å². The van der Waals surface area contributed by atoms with Crippen molar-refractivity contribution in [2.45, 2.75) is 12.8 Å². The lowest BCUT2D eigenvalue weighted by atomic mass is 10.1. The molecular weight excluding hydrogens is 341 g/mol. The topological polar surface area (TPSA) is 56.5 Å². The maximum atomic E-state index is 13.4.